The van der Waals surface area contributed by atoms with E-state index in [-0.39, 0.29) is 34.2 Å². The first-order valence-corrected chi connectivity index (χ1v) is 13.6. The molecule has 7 nitrogen and oxygen atoms in total. The zero-order chi connectivity index (χ0) is 25.5. The third-order valence-corrected chi connectivity index (χ3v) is 6.84. The van der Waals surface area contributed by atoms with Gasteiger partial charge in [0.1, 0.15) is 12.6 Å². The van der Waals surface area contributed by atoms with Crippen molar-refractivity contribution in [3.63, 3.8) is 0 Å². The molecular weight excluding hydrogens is 497 g/mol. The summed E-state index contributed by atoms with van der Waals surface area (Å²) in [6.07, 6.45) is 1.87. The van der Waals surface area contributed by atoms with Crippen molar-refractivity contribution in [2.45, 2.75) is 45.7 Å². The van der Waals surface area contributed by atoms with Crippen molar-refractivity contribution in [3.8, 4) is 0 Å². The first-order chi connectivity index (χ1) is 15.9. The quantitative estimate of drug-likeness (QED) is 0.475. The predicted molar refractivity (Wildman–Crippen MR) is 138 cm³/mol. The van der Waals surface area contributed by atoms with Crippen molar-refractivity contribution < 1.29 is 18.0 Å². The molecular formula is C24H31Cl2N3O4S. The monoisotopic (exact) mass is 527 g/mol. The van der Waals surface area contributed by atoms with Gasteiger partial charge in [-0.15, -0.1) is 0 Å². The first kappa shape index (κ1) is 28.0. The second-order valence-corrected chi connectivity index (χ2v) is 11.0. The van der Waals surface area contributed by atoms with E-state index in [4.69, 9.17) is 23.2 Å². The molecule has 10 heteroatoms. The van der Waals surface area contributed by atoms with Gasteiger partial charge in [-0.25, -0.2) is 8.42 Å². The van der Waals surface area contributed by atoms with Gasteiger partial charge in [-0.2, -0.15) is 0 Å². The normalized spacial score (nSPS) is 12.3. The molecule has 2 amide bonds. The number of benzene rings is 2. The molecule has 2 aromatic rings. The van der Waals surface area contributed by atoms with Crippen molar-refractivity contribution in [2.24, 2.45) is 0 Å². The van der Waals surface area contributed by atoms with Gasteiger partial charge in [0.15, 0.2) is 0 Å². The minimum atomic E-state index is -3.88. The number of hydrogen-bond donors (Lipinski definition) is 1. The SMILES string of the molecule is CC[C@@H](C(=O)NC(C)C)N(CCc1ccccc1)C(=O)CN(c1cc(Cl)ccc1Cl)S(C)(=O)=O. The Balaban J connectivity index is 2.40. The standard InChI is InChI=1S/C24H31Cl2N3O4S/c1-5-21(24(31)27-17(2)3)28(14-13-18-9-7-6-8-10-18)23(30)16-29(34(4,32)33)22-15-19(25)11-12-20(22)26/h6-12,15,17,21H,5,13-14,16H2,1-4H3,(H,27,31)/t21-/m0/s1. The molecule has 1 N–H and O–H groups in total. The van der Waals surface area contributed by atoms with E-state index < -0.39 is 28.5 Å². The van der Waals surface area contributed by atoms with Crippen LogP contribution >= 0.6 is 23.2 Å². The summed E-state index contributed by atoms with van der Waals surface area (Å²) in [7, 11) is -3.88. The average Bonchev–Trinajstić information content (AvgIpc) is 2.76. The lowest BCUT2D eigenvalue weighted by Crippen LogP contribution is -2.54. The Morgan fingerprint density at radius 2 is 1.71 bits per heavy atom. The van der Waals surface area contributed by atoms with Crippen LogP contribution in [0.5, 0.6) is 0 Å². The molecule has 0 aliphatic carbocycles. The van der Waals surface area contributed by atoms with Gasteiger partial charge in [0, 0.05) is 17.6 Å². The molecule has 0 radical (unpaired) electrons. The fourth-order valence-corrected chi connectivity index (χ4v) is 4.84. The Morgan fingerprint density at radius 1 is 1.06 bits per heavy atom. The number of amides is 2. The molecule has 0 bridgehead atoms. The fourth-order valence-electron chi connectivity index (χ4n) is 3.55. The summed E-state index contributed by atoms with van der Waals surface area (Å²) in [5.41, 5.74) is 1.10. The Morgan fingerprint density at radius 3 is 2.26 bits per heavy atom. The van der Waals surface area contributed by atoms with Gasteiger partial charge in [-0.3, -0.25) is 13.9 Å². The van der Waals surface area contributed by atoms with Crippen LogP contribution in [0.15, 0.2) is 48.5 Å². The third-order valence-electron chi connectivity index (χ3n) is 5.16. The molecule has 0 aromatic heterocycles. The molecule has 0 saturated heterocycles. The van der Waals surface area contributed by atoms with E-state index in [0.717, 1.165) is 16.1 Å². The Labute approximate surface area is 212 Å². The van der Waals surface area contributed by atoms with Crippen LogP contribution in [0.25, 0.3) is 0 Å². The first-order valence-electron chi connectivity index (χ1n) is 11.0. The van der Waals surface area contributed by atoms with Crippen LogP contribution in [0.1, 0.15) is 32.8 Å². The summed E-state index contributed by atoms with van der Waals surface area (Å²) in [5.74, 6) is -0.797. The van der Waals surface area contributed by atoms with Crippen molar-refractivity contribution in [3.05, 3.63) is 64.1 Å². The number of anilines is 1. The average molecular weight is 529 g/mol. The Hall–Kier alpha value is -2.29. The smallest absolute Gasteiger partial charge is 0.244 e. The van der Waals surface area contributed by atoms with Crippen molar-refractivity contribution in [1.29, 1.82) is 0 Å². The molecule has 0 aliphatic heterocycles. The number of halogens is 2. The van der Waals surface area contributed by atoms with Crippen molar-refractivity contribution >= 4 is 50.7 Å². The maximum Gasteiger partial charge on any atom is 0.244 e. The Bertz CT molecular complexity index is 1090. The van der Waals surface area contributed by atoms with E-state index in [1.54, 1.807) is 0 Å². The zero-order valence-electron chi connectivity index (χ0n) is 19.8. The number of hydrogen-bond acceptors (Lipinski definition) is 4. The summed E-state index contributed by atoms with van der Waals surface area (Å²) in [5, 5.41) is 3.28. The number of carbonyl (C=O) groups is 2. The summed E-state index contributed by atoms with van der Waals surface area (Å²) in [6, 6.07) is 13.1. The van der Waals surface area contributed by atoms with E-state index in [1.807, 2.05) is 51.1 Å². The second kappa shape index (κ2) is 12.4. The van der Waals surface area contributed by atoms with Crippen molar-refractivity contribution in [2.75, 3.05) is 23.7 Å². The van der Waals surface area contributed by atoms with Gasteiger partial charge in [-0.1, -0.05) is 60.5 Å². The highest BCUT2D eigenvalue weighted by Gasteiger charge is 2.32. The van der Waals surface area contributed by atoms with Gasteiger partial charge in [0.05, 0.1) is 17.0 Å². The molecule has 0 unspecified atom stereocenters. The van der Waals surface area contributed by atoms with Crippen LogP contribution in [0.4, 0.5) is 5.69 Å². The molecule has 0 spiro atoms. The number of sulfonamides is 1. The van der Waals surface area contributed by atoms with Crippen LogP contribution in [-0.2, 0) is 26.0 Å². The molecule has 0 saturated carbocycles. The molecule has 186 valence electrons. The fraction of sp³-hybridized carbons (Fsp3) is 0.417. The maximum absolute atomic E-state index is 13.5. The lowest BCUT2D eigenvalue weighted by Gasteiger charge is -2.33. The molecule has 2 rings (SSSR count). The highest BCUT2D eigenvalue weighted by atomic mass is 35.5. The zero-order valence-corrected chi connectivity index (χ0v) is 22.1. The molecule has 1 atom stereocenters. The van der Waals surface area contributed by atoms with Crippen LogP contribution in [0.3, 0.4) is 0 Å². The van der Waals surface area contributed by atoms with Gasteiger partial charge in [-0.05, 0) is 50.5 Å². The number of nitrogens with one attached hydrogen (secondary N) is 1. The minimum Gasteiger partial charge on any atom is -0.352 e. The minimum absolute atomic E-state index is 0.104. The van der Waals surface area contributed by atoms with Crippen LogP contribution in [-0.4, -0.2) is 56.6 Å². The van der Waals surface area contributed by atoms with E-state index in [9.17, 15) is 18.0 Å². The molecule has 0 fully saturated rings. The van der Waals surface area contributed by atoms with E-state index in [2.05, 4.69) is 5.32 Å². The molecule has 0 heterocycles. The van der Waals surface area contributed by atoms with Crippen LogP contribution in [0, 0.1) is 0 Å². The molecule has 0 aliphatic rings. The highest BCUT2D eigenvalue weighted by molar-refractivity contribution is 7.92. The van der Waals surface area contributed by atoms with Crippen LogP contribution in [0.2, 0.25) is 10.0 Å². The van der Waals surface area contributed by atoms with Crippen molar-refractivity contribution in [1.82, 2.24) is 10.2 Å². The third kappa shape index (κ3) is 7.89. The van der Waals surface area contributed by atoms with E-state index in [1.165, 1.54) is 23.1 Å². The number of nitrogens with zero attached hydrogens (tertiary/aromatic N) is 2. The van der Waals surface area contributed by atoms with E-state index >= 15 is 0 Å². The van der Waals surface area contributed by atoms with Gasteiger partial charge < -0.3 is 10.2 Å². The predicted octanol–water partition coefficient (Wildman–Crippen LogP) is 4.13. The largest absolute Gasteiger partial charge is 0.352 e. The highest BCUT2D eigenvalue weighted by Crippen LogP contribution is 2.30. The van der Waals surface area contributed by atoms with Gasteiger partial charge in [0.2, 0.25) is 21.8 Å². The number of rotatable bonds is 11. The number of carbonyl (C=O) groups excluding carboxylic acids is 2. The summed E-state index contributed by atoms with van der Waals surface area (Å²) in [4.78, 5) is 27.9. The van der Waals surface area contributed by atoms with Crippen LogP contribution < -0.4 is 9.62 Å². The lowest BCUT2D eigenvalue weighted by atomic mass is 10.1. The lowest BCUT2D eigenvalue weighted by molar-refractivity contribution is -0.139. The maximum atomic E-state index is 13.5. The second-order valence-electron chi connectivity index (χ2n) is 8.28. The van der Waals surface area contributed by atoms with Gasteiger partial charge >= 0.3 is 0 Å². The summed E-state index contributed by atoms with van der Waals surface area (Å²) >= 11 is 12.3. The Kier molecular flexibility index (Phi) is 10.2. The molecule has 2 aromatic carbocycles. The summed E-state index contributed by atoms with van der Waals surface area (Å²) in [6.45, 7) is 5.23. The van der Waals surface area contributed by atoms with Gasteiger partial charge in [0.25, 0.3) is 0 Å². The summed E-state index contributed by atoms with van der Waals surface area (Å²) < 4.78 is 26.2. The van der Waals surface area contributed by atoms with E-state index in [0.29, 0.717) is 12.8 Å². The topological polar surface area (TPSA) is 86.8 Å². The molecule has 34 heavy (non-hydrogen) atoms.